The number of aryl methyl sites for hydroxylation is 1. The molecule has 0 amide bonds. The first kappa shape index (κ1) is 9.71. The number of rotatable bonds is 1. The topological polar surface area (TPSA) is 43.8 Å². The standard InChI is InChI=1S/C11H19N3/c1-8(2)14-11-6-10(12)5-3-4-9(11)7-13-14/h7-8,10H,3-6,12H2,1-2H3. The van der Waals surface area contributed by atoms with Gasteiger partial charge in [0.1, 0.15) is 0 Å². The van der Waals surface area contributed by atoms with E-state index in [-0.39, 0.29) is 0 Å². The van der Waals surface area contributed by atoms with Gasteiger partial charge in [-0.3, -0.25) is 4.68 Å². The Morgan fingerprint density at radius 3 is 3.07 bits per heavy atom. The molecule has 0 saturated carbocycles. The summed E-state index contributed by atoms with van der Waals surface area (Å²) < 4.78 is 2.13. The average molecular weight is 193 g/mol. The Bertz CT molecular complexity index is 314. The Morgan fingerprint density at radius 1 is 1.57 bits per heavy atom. The van der Waals surface area contributed by atoms with Crippen LogP contribution in [0.3, 0.4) is 0 Å². The summed E-state index contributed by atoms with van der Waals surface area (Å²) in [5.41, 5.74) is 8.81. The van der Waals surface area contributed by atoms with E-state index in [0.717, 1.165) is 19.3 Å². The number of nitrogens with zero attached hydrogens (tertiary/aromatic N) is 2. The SMILES string of the molecule is CC(C)n1ncc2c1CC(N)CCC2. The minimum atomic E-state index is 0.324. The molecule has 0 spiro atoms. The predicted octanol–water partition coefficient (Wildman–Crippen LogP) is 1.67. The summed E-state index contributed by atoms with van der Waals surface area (Å²) in [5.74, 6) is 0. The zero-order valence-electron chi connectivity index (χ0n) is 9.03. The van der Waals surface area contributed by atoms with E-state index in [2.05, 4.69) is 23.6 Å². The van der Waals surface area contributed by atoms with Crippen molar-refractivity contribution in [2.45, 2.75) is 51.6 Å². The fourth-order valence-corrected chi connectivity index (χ4v) is 2.21. The average Bonchev–Trinajstić information content (AvgIpc) is 2.41. The van der Waals surface area contributed by atoms with Gasteiger partial charge < -0.3 is 5.73 Å². The lowest BCUT2D eigenvalue weighted by Crippen LogP contribution is -2.23. The Kier molecular flexibility index (Phi) is 2.59. The molecule has 0 saturated heterocycles. The van der Waals surface area contributed by atoms with Gasteiger partial charge in [0.25, 0.3) is 0 Å². The van der Waals surface area contributed by atoms with Crippen LogP contribution in [0.4, 0.5) is 0 Å². The highest BCUT2D eigenvalue weighted by Crippen LogP contribution is 2.22. The first-order chi connectivity index (χ1) is 6.68. The second kappa shape index (κ2) is 3.73. The van der Waals surface area contributed by atoms with Gasteiger partial charge in [0.2, 0.25) is 0 Å². The van der Waals surface area contributed by atoms with Gasteiger partial charge in [0.15, 0.2) is 0 Å². The van der Waals surface area contributed by atoms with Crippen LogP contribution in [0.1, 0.15) is 44.0 Å². The van der Waals surface area contributed by atoms with E-state index in [1.165, 1.54) is 17.7 Å². The van der Waals surface area contributed by atoms with E-state index in [1.807, 2.05) is 6.20 Å². The highest BCUT2D eigenvalue weighted by atomic mass is 15.3. The Morgan fingerprint density at radius 2 is 2.36 bits per heavy atom. The molecule has 1 aliphatic rings. The van der Waals surface area contributed by atoms with Gasteiger partial charge in [-0.1, -0.05) is 0 Å². The van der Waals surface area contributed by atoms with Crippen LogP contribution in [0.5, 0.6) is 0 Å². The predicted molar refractivity (Wildman–Crippen MR) is 57.2 cm³/mol. The molecule has 1 heterocycles. The van der Waals surface area contributed by atoms with Crippen molar-refractivity contribution in [1.29, 1.82) is 0 Å². The lowest BCUT2D eigenvalue weighted by molar-refractivity contribution is 0.492. The summed E-state index contributed by atoms with van der Waals surface area (Å²) in [7, 11) is 0. The zero-order chi connectivity index (χ0) is 10.1. The summed E-state index contributed by atoms with van der Waals surface area (Å²) in [6, 6.07) is 0.773. The lowest BCUT2D eigenvalue weighted by Gasteiger charge is -2.13. The van der Waals surface area contributed by atoms with Crippen LogP contribution in [-0.4, -0.2) is 15.8 Å². The van der Waals surface area contributed by atoms with Gasteiger partial charge in [-0.2, -0.15) is 5.10 Å². The van der Waals surface area contributed by atoms with Crippen molar-refractivity contribution in [3.05, 3.63) is 17.5 Å². The lowest BCUT2D eigenvalue weighted by atomic mass is 10.1. The third kappa shape index (κ3) is 1.69. The fourth-order valence-electron chi connectivity index (χ4n) is 2.21. The zero-order valence-corrected chi connectivity index (χ0v) is 9.03. The van der Waals surface area contributed by atoms with Crippen LogP contribution in [0.2, 0.25) is 0 Å². The number of nitrogens with two attached hydrogens (primary N) is 1. The van der Waals surface area contributed by atoms with Crippen LogP contribution in [-0.2, 0) is 12.8 Å². The fraction of sp³-hybridized carbons (Fsp3) is 0.727. The van der Waals surface area contributed by atoms with Gasteiger partial charge in [-0.05, 0) is 38.7 Å². The van der Waals surface area contributed by atoms with Crippen molar-refractivity contribution >= 4 is 0 Å². The Balaban J connectivity index is 2.34. The largest absolute Gasteiger partial charge is 0.327 e. The maximum atomic E-state index is 6.04. The van der Waals surface area contributed by atoms with Crippen molar-refractivity contribution in [3.8, 4) is 0 Å². The summed E-state index contributed by atoms with van der Waals surface area (Å²) in [6.45, 7) is 4.34. The highest BCUT2D eigenvalue weighted by Gasteiger charge is 2.18. The molecule has 0 fully saturated rings. The summed E-state index contributed by atoms with van der Waals surface area (Å²) in [6.07, 6.45) is 6.52. The van der Waals surface area contributed by atoms with E-state index in [1.54, 1.807) is 0 Å². The molecule has 0 bridgehead atoms. The molecule has 2 rings (SSSR count). The molecule has 1 atom stereocenters. The summed E-state index contributed by atoms with van der Waals surface area (Å²) in [4.78, 5) is 0. The van der Waals surface area contributed by atoms with Crippen molar-refractivity contribution in [1.82, 2.24) is 9.78 Å². The minimum absolute atomic E-state index is 0.324. The molecule has 0 aromatic carbocycles. The molecular weight excluding hydrogens is 174 g/mol. The van der Waals surface area contributed by atoms with Crippen LogP contribution < -0.4 is 5.73 Å². The smallest absolute Gasteiger partial charge is 0.0524 e. The molecule has 14 heavy (non-hydrogen) atoms. The molecule has 0 aliphatic heterocycles. The third-order valence-corrected chi connectivity index (χ3v) is 2.95. The molecule has 1 aromatic heterocycles. The van der Waals surface area contributed by atoms with E-state index in [9.17, 15) is 0 Å². The Hall–Kier alpha value is -0.830. The molecule has 1 unspecified atom stereocenters. The molecule has 3 nitrogen and oxygen atoms in total. The van der Waals surface area contributed by atoms with E-state index >= 15 is 0 Å². The molecule has 1 aliphatic carbocycles. The maximum Gasteiger partial charge on any atom is 0.0524 e. The van der Waals surface area contributed by atoms with Gasteiger partial charge in [0.05, 0.1) is 6.20 Å². The molecule has 78 valence electrons. The quantitative estimate of drug-likeness (QED) is 0.689. The van der Waals surface area contributed by atoms with E-state index in [0.29, 0.717) is 12.1 Å². The second-order valence-electron chi connectivity index (χ2n) is 4.51. The highest BCUT2D eigenvalue weighted by molar-refractivity contribution is 5.21. The molecule has 2 N–H and O–H groups in total. The number of hydrogen-bond donors (Lipinski definition) is 1. The van der Waals surface area contributed by atoms with E-state index < -0.39 is 0 Å². The van der Waals surface area contributed by atoms with Crippen molar-refractivity contribution in [2.75, 3.05) is 0 Å². The minimum Gasteiger partial charge on any atom is -0.327 e. The Labute approximate surface area is 85.3 Å². The van der Waals surface area contributed by atoms with Crippen LogP contribution in [0, 0.1) is 0 Å². The normalized spacial score (nSPS) is 22.1. The number of fused-ring (bicyclic) bond motifs is 1. The molecule has 1 aromatic rings. The van der Waals surface area contributed by atoms with Crippen LogP contribution in [0.25, 0.3) is 0 Å². The molecule has 3 heteroatoms. The van der Waals surface area contributed by atoms with E-state index in [4.69, 9.17) is 5.73 Å². The monoisotopic (exact) mass is 193 g/mol. The maximum absolute atomic E-state index is 6.04. The van der Waals surface area contributed by atoms with Crippen LogP contribution in [0.15, 0.2) is 6.20 Å². The molecule has 0 radical (unpaired) electrons. The summed E-state index contributed by atoms with van der Waals surface area (Å²) >= 11 is 0. The molecular formula is C11H19N3. The van der Waals surface area contributed by atoms with Crippen molar-refractivity contribution in [3.63, 3.8) is 0 Å². The van der Waals surface area contributed by atoms with Crippen molar-refractivity contribution < 1.29 is 0 Å². The second-order valence-corrected chi connectivity index (χ2v) is 4.51. The summed E-state index contributed by atoms with van der Waals surface area (Å²) in [5, 5.41) is 4.43. The van der Waals surface area contributed by atoms with Gasteiger partial charge in [0, 0.05) is 24.2 Å². The third-order valence-electron chi connectivity index (χ3n) is 2.95. The first-order valence-electron chi connectivity index (χ1n) is 5.49. The van der Waals surface area contributed by atoms with Gasteiger partial charge in [-0.25, -0.2) is 0 Å². The first-order valence-corrected chi connectivity index (χ1v) is 5.49. The van der Waals surface area contributed by atoms with Gasteiger partial charge in [-0.15, -0.1) is 0 Å². The van der Waals surface area contributed by atoms with Crippen LogP contribution >= 0.6 is 0 Å². The van der Waals surface area contributed by atoms with Gasteiger partial charge >= 0.3 is 0 Å². The number of hydrogen-bond acceptors (Lipinski definition) is 2. The van der Waals surface area contributed by atoms with Crippen molar-refractivity contribution in [2.24, 2.45) is 5.73 Å². The number of aromatic nitrogens is 2.